The third-order valence-corrected chi connectivity index (χ3v) is 5.32. The van der Waals surface area contributed by atoms with E-state index in [1.54, 1.807) is 55.5 Å². The number of amides is 4. The SMILES string of the molecule is CC1(c2cccc(NC(=O)c3ccc(OCC4CCCO4)cc3)c2)NC(=O)NC1=O. The molecule has 2 aromatic carbocycles. The van der Waals surface area contributed by atoms with Crippen molar-refractivity contribution in [1.82, 2.24) is 10.6 Å². The van der Waals surface area contributed by atoms with Crippen LogP contribution >= 0.6 is 0 Å². The molecule has 2 aliphatic heterocycles. The van der Waals surface area contributed by atoms with E-state index in [2.05, 4.69) is 16.0 Å². The summed E-state index contributed by atoms with van der Waals surface area (Å²) >= 11 is 0. The van der Waals surface area contributed by atoms with Gasteiger partial charge in [-0.3, -0.25) is 14.9 Å². The molecule has 2 aliphatic rings. The number of anilines is 1. The van der Waals surface area contributed by atoms with E-state index in [0.717, 1.165) is 19.4 Å². The van der Waals surface area contributed by atoms with Gasteiger partial charge in [-0.05, 0) is 61.7 Å². The summed E-state index contributed by atoms with van der Waals surface area (Å²) in [5.41, 5.74) is 0.385. The molecule has 4 amide bonds. The van der Waals surface area contributed by atoms with E-state index in [-0.39, 0.29) is 12.0 Å². The summed E-state index contributed by atoms with van der Waals surface area (Å²) < 4.78 is 11.2. The lowest BCUT2D eigenvalue weighted by Gasteiger charge is -2.21. The highest BCUT2D eigenvalue weighted by molar-refractivity contribution is 6.07. The normalized spacial score (nSPS) is 23.0. The molecule has 0 spiro atoms. The molecule has 3 N–H and O–H groups in total. The van der Waals surface area contributed by atoms with Crippen LogP contribution in [0.4, 0.5) is 10.5 Å². The van der Waals surface area contributed by atoms with Crippen molar-refractivity contribution < 1.29 is 23.9 Å². The van der Waals surface area contributed by atoms with Crippen LogP contribution in [0.3, 0.4) is 0 Å². The summed E-state index contributed by atoms with van der Waals surface area (Å²) in [7, 11) is 0. The molecular weight excluding hydrogens is 386 g/mol. The maximum Gasteiger partial charge on any atom is 0.322 e. The molecule has 2 unspecified atom stereocenters. The fourth-order valence-electron chi connectivity index (χ4n) is 3.53. The zero-order chi connectivity index (χ0) is 21.1. The van der Waals surface area contributed by atoms with Gasteiger partial charge in [-0.2, -0.15) is 0 Å². The topological polar surface area (TPSA) is 106 Å². The van der Waals surface area contributed by atoms with Crippen molar-refractivity contribution in [2.75, 3.05) is 18.5 Å². The smallest absolute Gasteiger partial charge is 0.322 e. The van der Waals surface area contributed by atoms with Crippen LogP contribution in [0.2, 0.25) is 0 Å². The Morgan fingerprint density at radius 1 is 1.23 bits per heavy atom. The molecular formula is C22H23N3O5. The van der Waals surface area contributed by atoms with Crippen LogP contribution in [0.25, 0.3) is 0 Å². The summed E-state index contributed by atoms with van der Waals surface area (Å²) in [5.74, 6) is -0.0441. The largest absolute Gasteiger partial charge is 0.491 e. The number of imide groups is 1. The zero-order valence-electron chi connectivity index (χ0n) is 16.6. The number of carbonyl (C=O) groups excluding carboxylic acids is 3. The molecule has 156 valence electrons. The second-order valence-electron chi connectivity index (χ2n) is 7.54. The molecule has 8 nitrogen and oxygen atoms in total. The predicted molar refractivity (Wildman–Crippen MR) is 109 cm³/mol. The van der Waals surface area contributed by atoms with E-state index in [0.29, 0.717) is 29.2 Å². The zero-order valence-corrected chi connectivity index (χ0v) is 16.6. The molecule has 0 bridgehead atoms. The number of benzene rings is 2. The van der Waals surface area contributed by atoms with Gasteiger partial charge in [0, 0.05) is 17.9 Å². The number of carbonyl (C=O) groups is 3. The quantitative estimate of drug-likeness (QED) is 0.636. The minimum Gasteiger partial charge on any atom is -0.491 e. The van der Waals surface area contributed by atoms with Gasteiger partial charge in [0.15, 0.2) is 0 Å². The van der Waals surface area contributed by atoms with Gasteiger partial charge in [0.2, 0.25) is 0 Å². The van der Waals surface area contributed by atoms with Gasteiger partial charge in [0.1, 0.15) is 17.9 Å². The Hall–Kier alpha value is -3.39. The summed E-state index contributed by atoms with van der Waals surface area (Å²) in [5, 5.41) is 7.66. The lowest BCUT2D eigenvalue weighted by atomic mass is 9.92. The highest BCUT2D eigenvalue weighted by Gasteiger charge is 2.43. The van der Waals surface area contributed by atoms with Gasteiger partial charge in [-0.15, -0.1) is 0 Å². The molecule has 0 aliphatic carbocycles. The number of urea groups is 1. The van der Waals surface area contributed by atoms with Gasteiger partial charge < -0.3 is 20.1 Å². The van der Waals surface area contributed by atoms with Crippen LogP contribution in [0.15, 0.2) is 48.5 Å². The highest BCUT2D eigenvalue weighted by atomic mass is 16.5. The third-order valence-electron chi connectivity index (χ3n) is 5.32. The number of ether oxygens (including phenoxy) is 2. The number of hydrogen-bond acceptors (Lipinski definition) is 5. The van der Waals surface area contributed by atoms with Gasteiger partial charge in [-0.1, -0.05) is 12.1 Å². The Kier molecular flexibility index (Phi) is 5.41. The van der Waals surface area contributed by atoms with Crippen molar-refractivity contribution in [2.45, 2.75) is 31.4 Å². The third kappa shape index (κ3) is 4.13. The van der Waals surface area contributed by atoms with Gasteiger partial charge >= 0.3 is 6.03 Å². The first kappa shape index (κ1) is 19.9. The van der Waals surface area contributed by atoms with Crippen molar-refractivity contribution in [3.05, 3.63) is 59.7 Å². The van der Waals surface area contributed by atoms with Crippen molar-refractivity contribution in [1.29, 1.82) is 0 Å². The minimum atomic E-state index is -1.18. The van der Waals surface area contributed by atoms with Crippen LogP contribution in [0, 0.1) is 0 Å². The van der Waals surface area contributed by atoms with Crippen LogP contribution < -0.4 is 20.7 Å². The van der Waals surface area contributed by atoms with Crippen molar-refractivity contribution in [3.63, 3.8) is 0 Å². The molecule has 0 aromatic heterocycles. The van der Waals surface area contributed by atoms with Gasteiger partial charge in [0.25, 0.3) is 11.8 Å². The summed E-state index contributed by atoms with van der Waals surface area (Å²) in [4.78, 5) is 36.2. The molecule has 4 rings (SSSR count). The summed E-state index contributed by atoms with van der Waals surface area (Å²) in [6.45, 7) is 2.90. The lowest BCUT2D eigenvalue weighted by Crippen LogP contribution is -2.40. The summed E-state index contributed by atoms with van der Waals surface area (Å²) in [6, 6.07) is 13.2. The number of hydrogen-bond donors (Lipinski definition) is 3. The number of rotatable bonds is 6. The van der Waals surface area contributed by atoms with Gasteiger partial charge in [-0.25, -0.2) is 4.79 Å². The molecule has 2 aromatic rings. The molecule has 2 saturated heterocycles. The van der Waals surface area contributed by atoms with E-state index < -0.39 is 17.5 Å². The average molecular weight is 409 g/mol. The second-order valence-corrected chi connectivity index (χ2v) is 7.54. The lowest BCUT2D eigenvalue weighted by molar-refractivity contribution is -0.123. The average Bonchev–Trinajstić information content (AvgIpc) is 3.35. The molecule has 2 fully saturated rings. The van der Waals surface area contributed by atoms with E-state index in [9.17, 15) is 14.4 Å². The molecule has 2 atom stereocenters. The van der Waals surface area contributed by atoms with E-state index in [1.165, 1.54) is 0 Å². The maximum absolute atomic E-state index is 12.6. The van der Waals surface area contributed by atoms with E-state index in [1.807, 2.05) is 0 Å². The van der Waals surface area contributed by atoms with Crippen molar-refractivity contribution >= 4 is 23.5 Å². The Labute approximate surface area is 173 Å². The standard InChI is InChI=1S/C22H23N3O5/c1-22(20(27)24-21(28)25-22)15-4-2-5-16(12-15)23-19(26)14-7-9-17(10-8-14)30-13-18-6-3-11-29-18/h2,4-5,7-10,12,18H,3,6,11,13H2,1H3,(H,23,26)(H2,24,25,27,28). The Morgan fingerprint density at radius 3 is 2.70 bits per heavy atom. The van der Waals surface area contributed by atoms with E-state index in [4.69, 9.17) is 9.47 Å². The Bertz CT molecular complexity index is 969. The van der Waals surface area contributed by atoms with Gasteiger partial charge in [0.05, 0.1) is 6.10 Å². The Morgan fingerprint density at radius 2 is 2.03 bits per heavy atom. The minimum absolute atomic E-state index is 0.133. The highest BCUT2D eigenvalue weighted by Crippen LogP contribution is 2.27. The first-order valence-corrected chi connectivity index (χ1v) is 9.84. The van der Waals surface area contributed by atoms with Crippen LogP contribution in [0.5, 0.6) is 5.75 Å². The van der Waals surface area contributed by atoms with Crippen molar-refractivity contribution in [2.24, 2.45) is 0 Å². The Balaban J connectivity index is 1.40. The molecule has 2 heterocycles. The van der Waals surface area contributed by atoms with Crippen LogP contribution in [-0.4, -0.2) is 37.2 Å². The first-order valence-electron chi connectivity index (χ1n) is 9.84. The van der Waals surface area contributed by atoms with Crippen LogP contribution in [-0.2, 0) is 15.1 Å². The van der Waals surface area contributed by atoms with Crippen molar-refractivity contribution in [3.8, 4) is 5.75 Å². The number of nitrogens with one attached hydrogen (secondary N) is 3. The fraction of sp³-hybridized carbons (Fsp3) is 0.318. The molecule has 0 saturated carbocycles. The monoisotopic (exact) mass is 409 g/mol. The maximum atomic E-state index is 12.6. The van der Waals surface area contributed by atoms with E-state index >= 15 is 0 Å². The second kappa shape index (κ2) is 8.16. The molecule has 8 heteroatoms. The first-order chi connectivity index (χ1) is 14.4. The molecule has 30 heavy (non-hydrogen) atoms. The van der Waals surface area contributed by atoms with Crippen LogP contribution in [0.1, 0.15) is 35.7 Å². The summed E-state index contributed by atoms with van der Waals surface area (Å²) in [6.07, 6.45) is 2.20. The molecule has 0 radical (unpaired) electrons. The predicted octanol–water partition coefficient (Wildman–Crippen LogP) is 2.55. The fourth-order valence-corrected chi connectivity index (χ4v) is 3.53.